The number of carbonyl (C=O) groups excluding carboxylic acids is 1. The number of fused-ring (bicyclic) bond motifs is 1. The van der Waals surface area contributed by atoms with Crippen LogP contribution in [0.15, 0.2) is 73.2 Å². The molecule has 1 aliphatic heterocycles. The van der Waals surface area contributed by atoms with Gasteiger partial charge in [0.25, 0.3) is 5.91 Å². The van der Waals surface area contributed by atoms with Gasteiger partial charge in [0.05, 0.1) is 5.56 Å². The molecule has 0 radical (unpaired) electrons. The van der Waals surface area contributed by atoms with Crippen LogP contribution in [-0.4, -0.2) is 43.5 Å². The van der Waals surface area contributed by atoms with E-state index in [1.54, 1.807) is 18.5 Å². The molecule has 1 aliphatic rings. The second kappa shape index (κ2) is 8.65. The highest BCUT2D eigenvalue weighted by Gasteiger charge is 2.27. The van der Waals surface area contributed by atoms with Gasteiger partial charge in [-0.25, -0.2) is 0 Å². The number of aromatic nitrogens is 4. The highest BCUT2D eigenvalue weighted by atomic mass is 16.1. The van der Waals surface area contributed by atoms with Crippen LogP contribution >= 0.6 is 0 Å². The van der Waals surface area contributed by atoms with Crippen molar-refractivity contribution in [3.05, 3.63) is 95.7 Å². The van der Waals surface area contributed by atoms with Crippen LogP contribution in [0.3, 0.4) is 0 Å². The van der Waals surface area contributed by atoms with E-state index in [0.29, 0.717) is 18.0 Å². The Morgan fingerprint density at radius 1 is 1.03 bits per heavy atom. The van der Waals surface area contributed by atoms with Gasteiger partial charge in [-0.15, -0.1) is 10.2 Å². The maximum absolute atomic E-state index is 12.7. The smallest absolute Gasteiger partial charge is 0.253 e. The lowest BCUT2D eigenvalue weighted by atomic mass is 10.1. The van der Waals surface area contributed by atoms with Crippen LogP contribution in [0.1, 0.15) is 39.6 Å². The van der Waals surface area contributed by atoms with Crippen molar-refractivity contribution in [1.29, 1.82) is 0 Å². The summed E-state index contributed by atoms with van der Waals surface area (Å²) in [6.07, 6.45) is 6.35. The summed E-state index contributed by atoms with van der Waals surface area (Å²) in [5.41, 5.74) is 3.64. The van der Waals surface area contributed by atoms with Crippen molar-refractivity contribution in [2.24, 2.45) is 0 Å². The molecule has 31 heavy (non-hydrogen) atoms. The van der Waals surface area contributed by atoms with E-state index < -0.39 is 0 Å². The fraction of sp³-hybridized carbons (Fsp3) is 0.250. The van der Waals surface area contributed by atoms with E-state index in [0.717, 1.165) is 43.1 Å². The van der Waals surface area contributed by atoms with Crippen molar-refractivity contribution in [2.75, 3.05) is 13.1 Å². The fourth-order valence-corrected chi connectivity index (χ4v) is 4.14. The van der Waals surface area contributed by atoms with Crippen molar-refractivity contribution in [2.45, 2.75) is 25.4 Å². The molecular formula is C24H24N6O. The van der Waals surface area contributed by atoms with Gasteiger partial charge in [-0.3, -0.25) is 19.1 Å². The molecule has 1 atom stereocenters. The summed E-state index contributed by atoms with van der Waals surface area (Å²) >= 11 is 0. The number of pyridine rings is 2. The molecule has 7 nitrogen and oxygen atoms in total. The summed E-state index contributed by atoms with van der Waals surface area (Å²) in [5, 5.41) is 11.7. The van der Waals surface area contributed by atoms with Gasteiger partial charge in [0.2, 0.25) is 0 Å². The molecule has 1 N–H and O–H groups in total. The zero-order valence-electron chi connectivity index (χ0n) is 17.2. The zero-order valence-corrected chi connectivity index (χ0v) is 17.2. The van der Waals surface area contributed by atoms with E-state index >= 15 is 0 Å². The Kier molecular flexibility index (Phi) is 5.41. The van der Waals surface area contributed by atoms with Crippen LogP contribution in [0.5, 0.6) is 0 Å². The van der Waals surface area contributed by atoms with E-state index in [1.165, 1.54) is 5.56 Å². The Morgan fingerprint density at radius 3 is 2.74 bits per heavy atom. The lowest BCUT2D eigenvalue weighted by molar-refractivity contribution is 0.0950. The van der Waals surface area contributed by atoms with Gasteiger partial charge in [-0.1, -0.05) is 36.4 Å². The van der Waals surface area contributed by atoms with Crippen LogP contribution < -0.4 is 5.32 Å². The van der Waals surface area contributed by atoms with E-state index in [2.05, 4.69) is 49.7 Å². The lowest BCUT2D eigenvalue weighted by Crippen LogP contribution is -2.23. The lowest BCUT2D eigenvalue weighted by Gasteiger charge is -2.15. The molecule has 0 aliphatic carbocycles. The Bertz CT molecular complexity index is 1170. The molecule has 1 aromatic carbocycles. The molecule has 5 rings (SSSR count). The molecule has 3 aromatic heterocycles. The molecule has 0 unspecified atom stereocenters. The van der Waals surface area contributed by atoms with Gasteiger partial charge in [-0.05, 0) is 42.3 Å². The Morgan fingerprint density at radius 2 is 1.90 bits per heavy atom. The van der Waals surface area contributed by atoms with Crippen molar-refractivity contribution in [3.63, 3.8) is 0 Å². The average molecular weight is 412 g/mol. The third-order valence-corrected chi connectivity index (χ3v) is 5.75. The number of nitrogens with zero attached hydrogens (tertiary/aromatic N) is 5. The second-order valence-electron chi connectivity index (χ2n) is 7.95. The van der Waals surface area contributed by atoms with Crippen LogP contribution in [0.25, 0.3) is 5.65 Å². The molecule has 0 saturated carbocycles. The molecule has 1 amide bonds. The number of likely N-dealkylation sites (tertiary alicyclic amines) is 1. The maximum atomic E-state index is 12.7. The van der Waals surface area contributed by atoms with Crippen LogP contribution in [-0.2, 0) is 13.1 Å². The normalized spacial score (nSPS) is 16.6. The summed E-state index contributed by atoms with van der Waals surface area (Å²) in [5.74, 6) is 1.10. The predicted molar refractivity (Wildman–Crippen MR) is 117 cm³/mol. The Hall–Kier alpha value is -3.58. The quantitative estimate of drug-likeness (QED) is 0.527. The molecule has 7 heteroatoms. The highest BCUT2D eigenvalue weighted by molar-refractivity contribution is 5.94. The van der Waals surface area contributed by atoms with Gasteiger partial charge in [0, 0.05) is 44.1 Å². The van der Waals surface area contributed by atoms with Crippen molar-refractivity contribution >= 4 is 11.6 Å². The first-order chi connectivity index (χ1) is 15.3. The number of hydrogen-bond donors (Lipinski definition) is 1. The second-order valence-corrected chi connectivity index (χ2v) is 7.95. The molecule has 1 fully saturated rings. The fourth-order valence-electron chi connectivity index (χ4n) is 4.14. The molecule has 1 saturated heterocycles. The third kappa shape index (κ3) is 4.32. The number of benzene rings is 1. The number of nitrogens with one attached hydrogen (secondary N) is 1. The Balaban J connectivity index is 1.29. The van der Waals surface area contributed by atoms with Crippen molar-refractivity contribution in [1.82, 2.24) is 29.8 Å². The summed E-state index contributed by atoms with van der Waals surface area (Å²) in [6, 6.07) is 18.0. The SMILES string of the molecule is O=C(NCc1cccnc1)c1ccc2nnc([C@@H]3CCN(Cc4ccccc4)C3)n2c1. The number of carbonyl (C=O) groups is 1. The van der Waals surface area contributed by atoms with Crippen LogP contribution in [0, 0.1) is 0 Å². The summed E-state index contributed by atoms with van der Waals surface area (Å²) in [4.78, 5) is 19.2. The maximum Gasteiger partial charge on any atom is 0.253 e. The standard InChI is InChI=1S/C24H24N6O/c31-24(26-14-19-7-4-11-25-13-19)21-8-9-22-27-28-23(30(22)17-21)20-10-12-29(16-20)15-18-5-2-1-3-6-18/h1-9,11,13,17,20H,10,12,14-16H2,(H,26,31)/t20-/m1/s1. The Labute approximate surface area is 180 Å². The predicted octanol–water partition coefficient (Wildman–Crippen LogP) is 3.04. The van der Waals surface area contributed by atoms with Crippen LogP contribution in [0.2, 0.25) is 0 Å². The van der Waals surface area contributed by atoms with Crippen molar-refractivity contribution < 1.29 is 4.79 Å². The van der Waals surface area contributed by atoms with Crippen molar-refractivity contribution in [3.8, 4) is 0 Å². The largest absolute Gasteiger partial charge is 0.348 e. The zero-order chi connectivity index (χ0) is 21.0. The minimum atomic E-state index is -0.123. The number of amides is 1. The van der Waals surface area contributed by atoms with Crippen LogP contribution in [0.4, 0.5) is 0 Å². The third-order valence-electron chi connectivity index (χ3n) is 5.75. The molecule has 156 valence electrons. The van der Waals surface area contributed by atoms with E-state index in [-0.39, 0.29) is 5.91 Å². The van der Waals surface area contributed by atoms with Gasteiger partial charge < -0.3 is 5.32 Å². The summed E-state index contributed by atoms with van der Waals surface area (Å²) in [7, 11) is 0. The number of rotatable bonds is 6. The van der Waals surface area contributed by atoms with Gasteiger partial charge in [-0.2, -0.15) is 0 Å². The molecule has 4 aromatic rings. The van der Waals surface area contributed by atoms with Gasteiger partial charge in [0.1, 0.15) is 5.82 Å². The van der Waals surface area contributed by atoms with E-state index in [1.807, 2.05) is 34.9 Å². The first kappa shape index (κ1) is 19.4. The van der Waals surface area contributed by atoms with Gasteiger partial charge in [0.15, 0.2) is 5.65 Å². The van der Waals surface area contributed by atoms with Gasteiger partial charge >= 0.3 is 0 Å². The molecule has 0 bridgehead atoms. The summed E-state index contributed by atoms with van der Waals surface area (Å²) in [6.45, 7) is 3.35. The first-order valence-corrected chi connectivity index (χ1v) is 10.5. The molecular weight excluding hydrogens is 388 g/mol. The highest BCUT2D eigenvalue weighted by Crippen LogP contribution is 2.27. The molecule has 4 heterocycles. The topological polar surface area (TPSA) is 75.4 Å². The first-order valence-electron chi connectivity index (χ1n) is 10.5. The minimum absolute atomic E-state index is 0.123. The minimum Gasteiger partial charge on any atom is -0.348 e. The summed E-state index contributed by atoms with van der Waals surface area (Å²) < 4.78 is 1.97. The monoisotopic (exact) mass is 412 g/mol. The van der Waals surface area contributed by atoms with E-state index in [4.69, 9.17) is 0 Å². The molecule has 0 spiro atoms. The average Bonchev–Trinajstić information content (AvgIpc) is 3.45. The van der Waals surface area contributed by atoms with E-state index in [9.17, 15) is 4.79 Å². The number of hydrogen-bond acceptors (Lipinski definition) is 5.